The van der Waals surface area contributed by atoms with Gasteiger partial charge in [-0.3, -0.25) is 0 Å². The van der Waals surface area contributed by atoms with Gasteiger partial charge in [-0.15, -0.1) is 6.58 Å². The molecule has 1 unspecified atom stereocenters. The Bertz CT molecular complexity index is 372. The summed E-state index contributed by atoms with van der Waals surface area (Å²) in [6, 6.07) is 11.2. The van der Waals surface area contributed by atoms with Gasteiger partial charge in [0.25, 0.3) is 0 Å². The van der Waals surface area contributed by atoms with Crippen molar-refractivity contribution in [3.8, 4) is 0 Å². The molecule has 2 heteroatoms. The third kappa shape index (κ3) is 6.36. The lowest BCUT2D eigenvalue weighted by atomic mass is 9.79. The quantitative estimate of drug-likeness (QED) is 0.516. The van der Waals surface area contributed by atoms with Gasteiger partial charge >= 0.3 is 0 Å². The van der Waals surface area contributed by atoms with E-state index in [4.69, 9.17) is 4.74 Å². The maximum absolute atomic E-state index is 5.51. The first-order chi connectivity index (χ1) is 9.56. The fraction of sp³-hybridized carbons (Fsp3) is 0.556. The lowest BCUT2D eigenvalue weighted by Gasteiger charge is -2.29. The second kappa shape index (κ2) is 8.93. The van der Waals surface area contributed by atoms with Gasteiger partial charge < -0.3 is 10.1 Å². The van der Waals surface area contributed by atoms with E-state index in [0.29, 0.717) is 6.04 Å². The summed E-state index contributed by atoms with van der Waals surface area (Å²) in [6.45, 7) is 13.0. The van der Waals surface area contributed by atoms with Gasteiger partial charge in [-0.1, -0.05) is 50.3 Å². The van der Waals surface area contributed by atoms with Crippen LogP contribution >= 0.6 is 0 Å². The molecule has 0 bridgehead atoms. The molecule has 112 valence electrons. The van der Waals surface area contributed by atoms with Crippen molar-refractivity contribution in [1.82, 2.24) is 5.32 Å². The molecule has 0 aliphatic rings. The molecule has 0 heterocycles. The van der Waals surface area contributed by atoms with Crippen LogP contribution in [0.4, 0.5) is 0 Å². The first-order valence-electron chi connectivity index (χ1n) is 7.54. The Morgan fingerprint density at radius 2 is 1.95 bits per heavy atom. The number of nitrogens with one attached hydrogen (secondary N) is 1. The number of hydrogen-bond donors (Lipinski definition) is 1. The molecule has 0 spiro atoms. The third-order valence-electron chi connectivity index (χ3n) is 3.58. The second-order valence-electron chi connectivity index (χ2n) is 6.00. The van der Waals surface area contributed by atoms with E-state index in [-0.39, 0.29) is 5.41 Å². The maximum atomic E-state index is 5.51. The third-order valence-corrected chi connectivity index (χ3v) is 3.58. The average Bonchev–Trinajstić information content (AvgIpc) is 2.43. The highest BCUT2D eigenvalue weighted by Gasteiger charge is 2.22. The average molecular weight is 275 g/mol. The van der Waals surface area contributed by atoms with Crippen LogP contribution in [0.2, 0.25) is 0 Å². The van der Waals surface area contributed by atoms with Crippen molar-refractivity contribution in [1.29, 1.82) is 0 Å². The summed E-state index contributed by atoms with van der Waals surface area (Å²) in [5, 5.41) is 3.53. The first-order valence-corrected chi connectivity index (χ1v) is 7.54. The molecule has 1 atom stereocenters. The molecule has 1 N–H and O–H groups in total. The smallest absolute Gasteiger partial charge is 0.0591 e. The summed E-state index contributed by atoms with van der Waals surface area (Å²) in [6.07, 6.45) is 3.93. The molecule has 0 aromatic heterocycles. The minimum Gasteiger partial charge on any atom is -0.380 e. The standard InChI is InChI=1S/C18H29NO/c1-5-6-13-20-14-12-19-16(2)15-18(3,4)17-10-8-7-9-11-17/h5,7-11,16,19H,1,6,12-15H2,2-4H3. The van der Waals surface area contributed by atoms with Crippen molar-refractivity contribution in [3.05, 3.63) is 48.6 Å². The molecule has 20 heavy (non-hydrogen) atoms. The largest absolute Gasteiger partial charge is 0.380 e. The summed E-state index contributed by atoms with van der Waals surface area (Å²) in [4.78, 5) is 0. The topological polar surface area (TPSA) is 21.3 Å². The molecule has 1 rings (SSSR count). The molecule has 2 nitrogen and oxygen atoms in total. The van der Waals surface area contributed by atoms with Gasteiger partial charge in [-0.25, -0.2) is 0 Å². The Balaban J connectivity index is 2.27. The van der Waals surface area contributed by atoms with Crippen LogP contribution in [0, 0.1) is 0 Å². The molecule has 0 saturated carbocycles. The predicted octanol–water partition coefficient (Wildman–Crippen LogP) is 3.93. The summed E-state index contributed by atoms with van der Waals surface area (Å²) in [5.74, 6) is 0. The molecule has 0 radical (unpaired) electrons. The van der Waals surface area contributed by atoms with Crippen molar-refractivity contribution in [3.63, 3.8) is 0 Å². The molecule has 0 amide bonds. The predicted molar refractivity (Wildman–Crippen MR) is 87.2 cm³/mol. The van der Waals surface area contributed by atoms with Gasteiger partial charge in [0.1, 0.15) is 0 Å². The SMILES string of the molecule is C=CCCOCCNC(C)CC(C)(C)c1ccccc1. The van der Waals surface area contributed by atoms with Crippen LogP contribution in [0.3, 0.4) is 0 Å². The zero-order valence-corrected chi connectivity index (χ0v) is 13.2. The van der Waals surface area contributed by atoms with Crippen molar-refractivity contribution in [2.45, 2.75) is 45.1 Å². The molecule has 1 aromatic rings. The minimum atomic E-state index is 0.192. The number of benzene rings is 1. The zero-order chi connectivity index (χ0) is 14.8. The summed E-state index contributed by atoms with van der Waals surface area (Å²) >= 11 is 0. The molecular weight excluding hydrogens is 246 g/mol. The lowest BCUT2D eigenvalue weighted by molar-refractivity contribution is 0.137. The fourth-order valence-electron chi connectivity index (χ4n) is 2.49. The Labute approximate surface area is 124 Å². The highest BCUT2D eigenvalue weighted by Crippen LogP contribution is 2.27. The Morgan fingerprint density at radius 3 is 2.60 bits per heavy atom. The van der Waals surface area contributed by atoms with E-state index in [1.807, 2.05) is 6.08 Å². The maximum Gasteiger partial charge on any atom is 0.0591 e. The van der Waals surface area contributed by atoms with Crippen LogP contribution in [0.5, 0.6) is 0 Å². The van der Waals surface area contributed by atoms with Gasteiger partial charge in [-0.05, 0) is 30.7 Å². The fourth-order valence-corrected chi connectivity index (χ4v) is 2.49. The van der Waals surface area contributed by atoms with Crippen LogP contribution in [-0.4, -0.2) is 25.8 Å². The van der Waals surface area contributed by atoms with Gasteiger partial charge in [0.05, 0.1) is 13.2 Å². The van der Waals surface area contributed by atoms with Crippen molar-refractivity contribution in [2.24, 2.45) is 0 Å². The van der Waals surface area contributed by atoms with Crippen LogP contribution in [0.25, 0.3) is 0 Å². The van der Waals surface area contributed by atoms with E-state index >= 15 is 0 Å². The summed E-state index contributed by atoms with van der Waals surface area (Å²) in [7, 11) is 0. The highest BCUT2D eigenvalue weighted by molar-refractivity contribution is 5.23. The molecule has 0 saturated heterocycles. The first kappa shape index (κ1) is 16.9. The van der Waals surface area contributed by atoms with E-state index in [2.05, 4.69) is 63.0 Å². The van der Waals surface area contributed by atoms with E-state index in [0.717, 1.165) is 32.6 Å². The zero-order valence-electron chi connectivity index (χ0n) is 13.2. The second-order valence-corrected chi connectivity index (χ2v) is 6.00. The lowest BCUT2D eigenvalue weighted by Crippen LogP contribution is -2.35. The van der Waals surface area contributed by atoms with Crippen LogP contribution in [0.15, 0.2) is 43.0 Å². The molecular formula is C18H29NO. The Kier molecular flexibility index (Phi) is 7.56. The molecule has 1 aromatic carbocycles. The molecule has 0 aliphatic carbocycles. The van der Waals surface area contributed by atoms with Gasteiger partial charge in [0, 0.05) is 12.6 Å². The van der Waals surface area contributed by atoms with E-state index in [9.17, 15) is 0 Å². The van der Waals surface area contributed by atoms with Crippen LogP contribution in [-0.2, 0) is 10.2 Å². The summed E-state index contributed by atoms with van der Waals surface area (Å²) in [5.41, 5.74) is 1.59. The normalized spacial score (nSPS) is 13.2. The number of rotatable bonds is 10. The van der Waals surface area contributed by atoms with E-state index < -0.39 is 0 Å². The van der Waals surface area contributed by atoms with Gasteiger partial charge in [0.15, 0.2) is 0 Å². The Morgan fingerprint density at radius 1 is 1.25 bits per heavy atom. The van der Waals surface area contributed by atoms with Crippen LogP contribution < -0.4 is 5.32 Å². The van der Waals surface area contributed by atoms with Crippen LogP contribution in [0.1, 0.15) is 39.2 Å². The van der Waals surface area contributed by atoms with E-state index in [1.54, 1.807) is 0 Å². The number of hydrogen-bond acceptors (Lipinski definition) is 2. The summed E-state index contributed by atoms with van der Waals surface area (Å²) < 4.78 is 5.51. The molecule has 0 fully saturated rings. The van der Waals surface area contributed by atoms with Crippen molar-refractivity contribution < 1.29 is 4.74 Å². The van der Waals surface area contributed by atoms with Crippen molar-refractivity contribution >= 4 is 0 Å². The minimum absolute atomic E-state index is 0.192. The monoisotopic (exact) mass is 275 g/mol. The van der Waals surface area contributed by atoms with Crippen molar-refractivity contribution in [2.75, 3.05) is 19.8 Å². The highest BCUT2D eigenvalue weighted by atomic mass is 16.5. The van der Waals surface area contributed by atoms with Gasteiger partial charge in [-0.2, -0.15) is 0 Å². The van der Waals surface area contributed by atoms with Gasteiger partial charge in [0.2, 0.25) is 0 Å². The van der Waals surface area contributed by atoms with E-state index in [1.165, 1.54) is 5.56 Å². The number of ether oxygens (including phenoxy) is 1. The Hall–Kier alpha value is -1.12. The molecule has 0 aliphatic heterocycles.